The van der Waals surface area contributed by atoms with Gasteiger partial charge in [-0.3, -0.25) is 14.5 Å². The third-order valence-corrected chi connectivity index (χ3v) is 3.92. The van der Waals surface area contributed by atoms with Crippen molar-refractivity contribution in [2.24, 2.45) is 0 Å². The SMILES string of the molecule is O=C1C(=O)N(Cc2nc(Cl)ccc2Cl)c2cc(Cl)ccc21. The van der Waals surface area contributed by atoms with Gasteiger partial charge in [0.15, 0.2) is 0 Å². The van der Waals surface area contributed by atoms with Crippen molar-refractivity contribution in [3.63, 3.8) is 0 Å². The Hall–Kier alpha value is -1.62. The fraction of sp³-hybridized carbons (Fsp3) is 0.0714. The summed E-state index contributed by atoms with van der Waals surface area (Å²) in [6.07, 6.45) is 0. The summed E-state index contributed by atoms with van der Waals surface area (Å²) in [6.45, 7) is 0.0529. The van der Waals surface area contributed by atoms with E-state index in [0.29, 0.717) is 27.0 Å². The van der Waals surface area contributed by atoms with Gasteiger partial charge in [0.1, 0.15) is 5.15 Å². The molecule has 0 spiro atoms. The minimum atomic E-state index is -0.634. The molecule has 0 saturated carbocycles. The van der Waals surface area contributed by atoms with E-state index < -0.39 is 11.7 Å². The van der Waals surface area contributed by atoms with Crippen molar-refractivity contribution in [1.82, 2.24) is 4.98 Å². The predicted molar refractivity (Wildman–Crippen MR) is 81.2 cm³/mol. The molecular formula is C14H7Cl3N2O2. The van der Waals surface area contributed by atoms with Gasteiger partial charge in [-0.25, -0.2) is 4.98 Å². The van der Waals surface area contributed by atoms with Crippen LogP contribution in [0.3, 0.4) is 0 Å². The third-order valence-electron chi connectivity index (χ3n) is 3.13. The smallest absolute Gasteiger partial charge is 0.299 e. The highest BCUT2D eigenvalue weighted by Gasteiger charge is 2.36. The first-order valence-electron chi connectivity index (χ1n) is 5.94. The summed E-state index contributed by atoms with van der Waals surface area (Å²) in [7, 11) is 0. The van der Waals surface area contributed by atoms with Gasteiger partial charge in [-0.15, -0.1) is 0 Å². The molecule has 4 nitrogen and oxygen atoms in total. The standard InChI is InChI=1S/C14H7Cl3N2O2/c15-7-1-2-8-11(5-7)19(14(21)13(8)20)6-10-9(16)3-4-12(17)18-10/h1-5H,6H2. The Labute approximate surface area is 135 Å². The molecule has 0 atom stereocenters. The lowest BCUT2D eigenvalue weighted by Crippen LogP contribution is -2.29. The zero-order chi connectivity index (χ0) is 15.1. The van der Waals surface area contributed by atoms with Crippen LogP contribution < -0.4 is 4.90 Å². The Morgan fingerprint density at radius 3 is 2.57 bits per heavy atom. The van der Waals surface area contributed by atoms with Crippen LogP contribution in [0.5, 0.6) is 0 Å². The second-order valence-corrected chi connectivity index (χ2v) is 5.68. The van der Waals surface area contributed by atoms with Crippen molar-refractivity contribution in [3.05, 3.63) is 56.8 Å². The molecule has 0 saturated heterocycles. The van der Waals surface area contributed by atoms with E-state index in [1.165, 1.54) is 11.0 Å². The molecule has 0 N–H and O–H groups in total. The van der Waals surface area contributed by atoms with E-state index in [0.717, 1.165) is 0 Å². The lowest BCUT2D eigenvalue weighted by atomic mass is 10.1. The van der Waals surface area contributed by atoms with Gasteiger partial charge in [0.2, 0.25) is 0 Å². The van der Waals surface area contributed by atoms with Crippen molar-refractivity contribution in [2.45, 2.75) is 6.54 Å². The van der Waals surface area contributed by atoms with Crippen molar-refractivity contribution in [3.8, 4) is 0 Å². The molecule has 0 fully saturated rings. The van der Waals surface area contributed by atoms with E-state index in [1.54, 1.807) is 24.3 Å². The Balaban J connectivity index is 2.04. The molecule has 0 unspecified atom stereocenters. The molecule has 0 aliphatic carbocycles. The van der Waals surface area contributed by atoms with Crippen LogP contribution in [-0.2, 0) is 11.3 Å². The molecular weight excluding hydrogens is 335 g/mol. The van der Waals surface area contributed by atoms with Crippen LogP contribution in [0, 0.1) is 0 Å². The molecule has 1 aromatic heterocycles. The Morgan fingerprint density at radius 2 is 1.81 bits per heavy atom. The topological polar surface area (TPSA) is 50.3 Å². The average molecular weight is 342 g/mol. The molecule has 0 bridgehead atoms. The fourth-order valence-corrected chi connectivity index (χ4v) is 2.64. The summed E-state index contributed by atoms with van der Waals surface area (Å²) >= 11 is 17.8. The summed E-state index contributed by atoms with van der Waals surface area (Å²) in [5, 5.41) is 1.07. The minimum absolute atomic E-state index is 0.0529. The molecule has 21 heavy (non-hydrogen) atoms. The van der Waals surface area contributed by atoms with Gasteiger partial charge < -0.3 is 0 Å². The number of carbonyl (C=O) groups is 2. The summed E-state index contributed by atoms with van der Waals surface area (Å²) in [5.74, 6) is -1.20. The van der Waals surface area contributed by atoms with Crippen LogP contribution in [0.1, 0.15) is 16.1 Å². The Kier molecular flexibility index (Phi) is 3.61. The van der Waals surface area contributed by atoms with Crippen LogP contribution in [0.25, 0.3) is 0 Å². The van der Waals surface area contributed by atoms with Gasteiger partial charge in [0, 0.05) is 5.02 Å². The van der Waals surface area contributed by atoms with Crippen LogP contribution >= 0.6 is 34.8 Å². The number of ketones is 1. The largest absolute Gasteiger partial charge is 0.299 e. The van der Waals surface area contributed by atoms with Crippen LogP contribution in [0.4, 0.5) is 5.69 Å². The van der Waals surface area contributed by atoms with E-state index in [-0.39, 0.29) is 11.7 Å². The molecule has 1 aliphatic heterocycles. The number of carbonyl (C=O) groups excluding carboxylic acids is 2. The molecule has 1 aromatic carbocycles. The summed E-state index contributed by atoms with van der Waals surface area (Å²) in [6, 6.07) is 7.81. The van der Waals surface area contributed by atoms with Crippen LogP contribution in [0.15, 0.2) is 30.3 Å². The van der Waals surface area contributed by atoms with E-state index in [4.69, 9.17) is 34.8 Å². The highest BCUT2D eigenvalue weighted by Crippen LogP contribution is 2.33. The number of hydrogen-bond acceptors (Lipinski definition) is 3. The Morgan fingerprint density at radius 1 is 1.05 bits per heavy atom. The number of aromatic nitrogens is 1. The van der Waals surface area contributed by atoms with Gasteiger partial charge in [-0.2, -0.15) is 0 Å². The third kappa shape index (κ3) is 2.50. The van der Waals surface area contributed by atoms with Gasteiger partial charge in [-0.1, -0.05) is 34.8 Å². The molecule has 0 radical (unpaired) electrons. The number of pyridine rings is 1. The molecule has 1 amide bonds. The van der Waals surface area contributed by atoms with Crippen molar-refractivity contribution in [2.75, 3.05) is 4.90 Å². The Bertz CT molecular complexity index is 777. The minimum Gasteiger partial charge on any atom is -0.299 e. The van der Waals surface area contributed by atoms with E-state index >= 15 is 0 Å². The number of rotatable bonds is 2. The first-order chi connectivity index (χ1) is 9.97. The van der Waals surface area contributed by atoms with Crippen molar-refractivity contribution in [1.29, 1.82) is 0 Å². The maximum atomic E-state index is 12.1. The molecule has 1 aliphatic rings. The second kappa shape index (κ2) is 5.30. The number of Topliss-reactive ketones (excluding diaryl/α,β-unsaturated/α-hetero) is 1. The summed E-state index contributed by atoms with van der Waals surface area (Å²) < 4.78 is 0. The molecule has 2 heterocycles. The average Bonchev–Trinajstić information content (AvgIpc) is 2.67. The number of fused-ring (bicyclic) bond motifs is 1. The highest BCUT2D eigenvalue weighted by atomic mass is 35.5. The van der Waals surface area contributed by atoms with Gasteiger partial charge in [0.25, 0.3) is 11.7 Å². The predicted octanol–water partition coefficient (Wildman–Crippen LogP) is 3.77. The lowest BCUT2D eigenvalue weighted by molar-refractivity contribution is -0.114. The van der Waals surface area contributed by atoms with E-state index in [9.17, 15) is 9.59 Å². The van der Waals surface area contributed by atoms with Crippen molar-refractivity contribution >= 4 is 52.2 Å². The normalized spacial score (nSPS) is 13.8. The number of amides is 1. The molecule has 7 heteroatoms. The zero-order valence-electron chi connectivity index (χ0n) is 10.4. The van der Waals surface area contributed by atoms with Gasteiger partial charge >= 0.3 is 0 Å². The van der Waals surface area contributed by atoms with E-state index in [2.05, 4.69) is 4.98 Å². The van der Waals surface area contributed by atoms with Crippen LogP contribution in [-0.4, -0.2) is 16.7 Å². The molecule has 2 aromatic rings. The number of nitrogens with zero attached hydrogens (tertiary/aromatic N) is 2. The molecule has 106 valence electrons. The number of benzene rings is 1. The zero-order valence-corrected chi connectivity index (χ0v) is 12.7. The number of anilines is 1. The first kappa shape index (κ1) is 14.3. The molecule has 3 rings (SSSR count). The number of hydrogen-bond donors (Lipinski definition) is 0. The second-order valence-electron chi connectivity index (χ2n) is 4.44. The summed E-state index contributed by atoms with van der Waals surface area (Å²) in [4.78, 5) is 29.4. The van der Waals surface area contributed by atoms with Crippen LogP contribution in [0.2, 0.25) is 15.2 Å². The maximum Gasteiger partial charge on any atom is 0.299 e. The lowest BCUT2D eigenvalue weighted by Gasteiger charge is -2.17. The monoisotopic (exact) mass is 340 g/mol. The van der Waals surface area contributed by atoms with Crippen molar-refractivity contribution < 1.29 is 9.59 Å². The maximum absolute atomic E-state index is 12.1. The quantitative estimate of drug-likeness (QED) is 0.617. The highest BCUT2D eigenvalue weighted by molar-refractivity contribution is 6.52. The van der Waals surface area contributed by atoms with E-state index in [1.807, 2.05) is 0 Å². The first-order valence-corrected chi connectivity index (χ1v) is 7.07. The fourth-order valence-electron chi connectivity index (χ4n) is 2.14. The summed E-state index contributed by atoms with van der Waals surface area (Å²) in [5.41, 5.74) is 1.19. The van der Waals surface area contributed by atoms with Gasteiger partial charge in [-0.05, 0) is 30.3 Å². The number of halogens is 3. The van der Waals surface area contributed by atoms with Gasteiger partial charge in [0.05, 0.1) is 28.5 Å².